The normalized spacial score (nSPS) is 15.8. The molecule has 20 heavy (non-hydrogen) atoms. The summed E-state index contributed by atoms with van der Waals surface area (Å²) in [5.41, 5.74) is -0.622. The second-order valence-corrected chi connectivity index (χ2v) is 6.37. The van der Waals surface area contributed by atoms with Crippen LogP contribution in [0.1, 0.15) is 29.6 Å². The van der Waals surface area contributed by atoms with E-state index < -0.39 is 38.0 Å². The van der Waals surface area contributed by atoms with E-state index in [4.69, 9.17) is 5.14 Å². The molecule has 1 aromatic rings. The fraction of sp³-hybridized carbons (Fsp3) is 0.417. The average molecular weight is 304 g/mol. The molecule has 0 saturated heterocycles. The Labute approximate surface area is 115 Å². The molecule has 0 radical (unpaired) electrons. The fourth-order valence-electron chi connectivity index (χ4n) is 2.01. The molecule has 5 nitrogen and oxygen atoms in total. The summed E-state index contributed by atoms with van der Waals surface area (Å²) < 4.78 is 49.5. The van der Waals surface area contributed by atoms with E-state index in [1.54, 1.807) is 0 Å². The van der Waals surface area contributed by atoms with Crippen LogP contribution in [0.5, 0.6) is 0 Å². The lowest BCUT2D eigenvalue weighted by atomic mass is 9.91. The minimum Gasteiger partial charge on any atom is -0.339 e. The number of nitrogens with two attached hydrogens (primary N) is 1. The molecule has 0 heterocycles. The van der Waals surface area contributed by atoms with Crippen LogP contribution < -0.4 is 5.14 Å². The van der Waals surface area contributed by atoms with Crippen molar-refractivity contribution in [1.29, 1.82) is 0 Å². The SMILES string of the molecule is CN(C(=O)c1cc(S(N)(=O)=O)cc(F)c1F)C1CCC1. The van der Waals surface area contributed by atoms with Gasteiger partial charge in [-0.25, -0.2) is 22.3 Å². The molecular formula is C12H14F2N2O3S. The van der Waals surface area contributed by atoms with Gasteiger partial charge in [0.05, 0.1) is 10.5 Å². The molecular weight excluding hydrogens is 290 g/mol. The van der Waals surface area contributed by atoms with Crippen LogP contribution in [-0.2, 0) is 10.0 Å². The smallest absolute Gasteiger partial charge is 0.256 e. The zero-order valence-electron chi connectivity index (χ0n) is 10.8. The number of carbonyl (C=O) groups is 1. The Morgan fingerprint density at radius 2 is 1.95 bits per heavy atom. The van der Waals surface area contributed by atoms with Crippen LogP contribution >= 0.6 is 0 Å². The summed E-state index contributed by atoms with van der Waals surface area (Å²) in [4.78, 5) is 12.8. The van der Waals surface area contributed by atoms with Gasteiger partial charge in [-0.2, -0.15) is 0 Å². The zero-order valence-corrected chi connectivity index (χ0v) is 11.6. The van der Waals surface area contributed by atoms with Crippen molar-refractivity contribution in [3.63, 3.8) is 0 Å². The fourth-order valence-corrected chi connectivity index (χ4v) is 2.56. The van der Waals surface area contributed by atoms with Crippen LogP contribution in [0.3, 0.4) is 0 Å². The molecule has 0 unspecified atom stereocenters. The van der Waals surface area contributed by atoms with Crippen molar-refractivity contribution >= 4 is 15.9 Å². The lowest BCUT2D eigenvalue weighted by Crippen LogP contribution is -2.41. The van der Waals surface area contributed by atoms with Gasteiger partial charge >= 0.3 is 0 Å². The first kappa shape index (κ1) is 14.9. The Morgan fingerprint density at radius 1 is 1.35 bits per heavy atom. The number of hydrogen-bond donors (Lipinski definition) is 1. The average Bonchev–Trinajstić information content (AvgIpc) is 2.27. The molecule has 1 aliphatic rings. The van der Waals surface area contributed by atoms with Crippen molar-refractivity contribution in [2.75, 3.05) is 7.05 Å². The van der Waals surface area contributed by atoms with Gasteiger partial charge in [0.15, 0.2) is 11.6 Å². The summed E-state index contributed by atoms with van der Waals surface area (Å²) in [5.74, 6) is -3.54. The maximum Gasteiger partial charge on any atom is 0.256 e. The first-order valence-electron chi connectivity index (χ1n) is 6.01. The Morgan fingerprint density at radius 3 is 2.40 bits per heavy atom. The second kappa shape index (κ2) is 5.10. The van der Waals surface area contributed by atoms with Crippen LogP contribution in [0.15, 0.2) is 17.0 Å². The van der Waals surface area contributed by atoms with Gasteiger partial charge in [0.25, 0.3) is 5.91 Å². The van der Waals surface area contributed by atoms with E-state index >= 15 is 0 Å². The predicted octanol–water partition coefficient (Wildman–Crippen LogP) is 1.24. The molecule has 1 aromatic carbocycles. The Kier molecular flexibility index (Phi) is 3.79. The van der Waals surface area contributed by atoms with E-state index in [-0.39, 0.29) is 6.04 Å². The molecule has 1 saturated carbocycles. The maximum absolute atomic E-state index is 13.7. The van der Waals surface area contributed by atoms with Crippen molar-refractivity contribution in [3.8, 4) is 0 Å². The Bertz CT molecular complexity index is 657. The number of primary sulfonamides is 1. The highest BCUT2D eigenvalue weighted by molar-refractivity contribution is 7.89. The van der Waals surface area contributed by atoms with Crippen LogP contribution in [-0.4, -0.2) is 32.3 Å². The summed E-state index contributed by atoms with van der Waals surface area (Å²) in [6.07, 6.45) is 2.55. The monoisotopic (exact) mass is 304 g/mol. The first-order chi connectivity index (χ1) is 9.21. The lowest BCUT2D eigenvalue weighted by Gasteiger charge is -2.34. The van der Waals surface area contributed by atoms with E-state index in [0.29, 0.717) is 6.07 Å². The number of amides is 1. The number of carbonyl (C=O) groups excluding carboxylic acids is 1. The minimum atomic E-state index is -4.21. The number of halogens is 2. The Hall–Kier alpha value is -1.54. The summed E-state index contributed by atoms with van der Waals surface area (Å²) in [7, 11) is -2.73. The van der Waals surface area contributed by atoms with Crippen LogP contribution in [0.4, 0.5) is 8.78 Å². The van der Waals surface area contributed by atoms with E-state index in [2.05, 4.69) is 0 Å². The third-order valence-corrected chi connectivity index (χ3v) is 4.40. The minimum absolute atomic E-state index is 0.0249. The number of nitrogens with zero attached hydrogens (tertiary/aromatic N) is 1. The van der Waals surface area contributed by atoms with Crippen molar-refractivity contribution in [3.05, 3.63) is 29.3 Å². The third kappa shape index (κ3) is 2.66. The second-order valence-electron chi connectivity index (χ2n) is 4.81. The molecule has 0 aromatic heterocycles. The van der Waals surface area contributed by atoms with Crippen molar-refractivity contribution in [2.45, 2.75) is 30.2 Å². The van der Waals surface area contributed by atoms with Crippen LogP contribution in [0.25, 0.3) is 0 Å². The molecule has 1 fully saturated rings. The summed E-state index contributed by atoms with van der Waals surface area (Å²) in [6.45, 7) is 0. The summed E-state index contributed by atoms with van der Waals surface area (Å²) in [6, 6.07) is 1.21. The molecule has 8 heteroatoms. The molecule has 1 amide bonds. The van der Waals surface area contributed by atoms with Crippen molar-refractivity contribution in [2.24, 2.45) is 5.14 Å². The molecule has 110 valence electrons. The molecule has 0 bridgehead atoms. The molecule has 0 spiro atoms. The molecule has 2 rings (SSSR count). The quantitative estimate of drug-likeness (QED) is 0.912. The number of benzene rings is 1. The lowest BCUT2D eigenvalue weighted by molar-refractivity contribution is 0.0646. The first-order valence-corrected chi connectivity index (χ1v) is 7.55. The molecule has 0 aliphatic heterocycles. The highest BCUT2D eigenvalue weighted by atomic mass is 32.2. The summed E-state index contributed by atoms with van der Waals surface area (Å²) in [5, 5.41) is 4.88. The van der Waals surface area contributed by atoms with Crippen LogP contribution in [0.2, 0.25) is 0 Å². The Balaban J connectivity index is 2.44. The maximum atomic E-state index is 13.7. The van der Waals surface area contributed by atoms with E-state index in [0.717, 1.165) is 25.3 Å². The van der Waals surface area contributed by atoms with E-state index in [9.17, 15) is 22.0 Å². The van der Waals surface area contributed by atoms with Gasteiger partial charge in [0.2, 0.25) is 10.0 Å². The van der Waals surface area contributed by atoms with Gasteiger partial charge in [0, 0.05) is 13.1 Å². The largest absolute Gasteiger partial charge is 0.339 e. The van der Waals surface area contributed by atoms with Gasteiger partial charge in [0.1, 0.15) is 0 Å². The summed E-state index contributed by atoms with van der Waals surface area (Å²) >= 11 is 0. The van der Waals surface area contributed by atoms with Gasteiger partial charge in [-0.3, -0.25) is 4.79 Å². The number of sulfonamides is 1. The zero-order chi connectivity index (χ0) is 15.1. The van der Waals surface area contributed by atoms with Gasteiger partial charge < -0.3 is 4.90 Å². The number of rotatable bonds is 3. The standard InChI is InChI=1S/C12H14F2N2O3S/c1-16(7-3-2-4-7)12(17)9-5-8(20(15,18)19)6-10(13)11(9)14/h5-7H,2-4H2,1H3,(H2,15,18,19). The van der Waals surface area contributed by atoms with Crippen molar-refractivity contribution < 1.29 is 22.0 Å². The highest BCUT2D eigenvalue weighted by Gasteiger charge is 2.29. The molecule has 2 N–H and O–H groups in total. The molecule has 1 aliphatic carbocycles. The van der Waals surface area contributed by atoms with Crippen molar-refractivity contribution in [1.82, 2.24) is 4.90 Å². The topological polar surface area (TPSA) is 80.5 Å². The number of hydrogen-bond acceptors (Lipinski definition) is 3. The van der Waals surface area contributed by atoms with E-state index in [1.807, 2.05) is 0 Å². The third-order valence-electron chi connectivity index (χ3n) is 3.50. The van der Waals surface area contributed by atoms with Gasteiger partial charge in [-0.15, -0.1) is 0 Å². The van der Waals surface area contributed by atoms with E-state index in [1.165, 1.54) is 11.9 Å². The van der Waals surface area contributed by atoms with Gasteiger partial charge in [-0.05, 0) is 31.4 Å². The molecule has 0 atom stereocenters. The predicted molar refractivity (Wildman–Crippen MR) is 67.5 cm³/mol. The van der Waals surface area contributed by atoms with Crippen LogP contribution in [0, 0.1) is 11.6 Å². The van der Waals surface area contributed by atoms with Gasteiger partial charge in [-0.1, -0.05) is 0 Å². The highest BCUT2D eigenvalue weighted by Crippen LogP contribution is 2.26.